The SMILES string of the molecule is O=[N+]([O-])c1cnccc1NCc1ccco1. The van der Waals surface area contributed by atoms with Crippen LogP contribution in [0, 0.1) is 10.1 Å². The molecule has 0 aliphatic carbocycles. The standard InChI is InChI=1S/C10H9N3O3/c14-13(15)10-7-11-4-3-9(10)12-6-8-2-1-5-16-8/h1-5,7H,6H2,(H,11,12). The zero-order valence-electron chi connectivity index (χ0n) is 8.29. The Labute approximate surface area is 91.1 Å². The van der Waals surface area contributed by atoms with Crippen molar-refractivity contribution in [2.45, 2.75) is 6.54 Å². The molecule has 0 spiro atoms. The van der Waals surface area contributed by atoms with Crippen molar-refractivity contribution < 1.29 is 9.34 Å². The van der Waals surface area contributed by atoms with Crippen LogP contribution in [0.2, 0.25) is 0 Å². The van der Waals surface area contributed by atoms with Gasteiger partial charge in [-0.3, -0.25) is 15.1 Å². The van der Waals surface area contributed by atoms with Crippen LogP contribution in [0.5, 0.6) is 0 Å². The van der Waals surface area contributed by atoms with Gasteiger partial charge in [0, 0.05) is 6.20 Å². The van der Waals surface area contributed by atoms with Gasteiger partial charge >= 0.3 is 5.69 Å². The summed E-state index contributed by atoms with van der Waals surface area (Å²) in [4.78, 5) is 13.9. The summed E-state index contributed by atoms with van der Waals surface area (Å²) in [6, 6.07) is 5.11. The Hall–Kier alpha value is -2.37. The van der Waals surface area contributed by atoms with Crippen molar-refractivity contribution in [1.29, 1.82) is 0 Å². The number of anilines is 1. The normalized spacial score (nSPS) is 10.0. The average molecular weight is 219 g/mol. The molecule has 0 bridgehead atoms. The van der Waals surface area contributed by atoms with Crippen molar-refractivity contribution in [1.82, 2.24) is 4.98 Å². The van der Waals surface area contributed by atoms with E-state index in [2.05, 4.69) is 10.3 Å². The van der Waals surface area contributed by atoms with Crippen molar-refractivity contribution in [2.24, 2.45) is 0 Å². The highest BCUT2D eigenvalue weighted by molar-refractivity contribution is 5.59. The second-order valence-electron chi connectivity index (χ2n) is 3.08. The van der Waals surface area contributed by atoms with Gasteiger partial charge in [-0.05, 0) is 18.2 Å². The van der Waals surface area contributed by atoms with Gasteiger partial charge in [-0.15, -0.1) is 0 Å². The first-order valence-electron chi connectivity index (χ1n) is 4.62. The van der Waals surface area contributed by atoms with Crippen molar-refractivity contribution in [3.63, 3.8) is 0 Å². The lowest BCUT2D eigenvalue weighted by Crippen LogP contribution is -2.02. The number of pyridine rings is 1. The highest BCUT2D eigenvalue weighted by Crippen LogP contribution is 2.22. The van der Waals surface area contributed by atoms with Crippen LogP contribution in [0.15, 0.2) is 41.3 Å². The minimum Gasteiger partial charge on any atom is -0.467 e. The molecule has 0 radical (unpaired) electrons. The van der Waals surface area contributed by atoms with E-state index in [1.54, 1.807) is 24.5 Å². The summed E-state index contributed by atoms with van der Waals surface area (Å²) >= 11 is 0. The number of furan rings is 1. The van der Waals surface area contributed by atoms with E-state index < -0.39 is 4.92 Å². The highest BCUT2D eigenvalue weighted by Gasteiger charge is 2.12. The molecule has 6 nitrogen and oxygen atoms in total. The smallest absolute Gasteiger partial charge is 0.310 e. The topological polar surface area (TPSA) is 81.2 Å². The van der Waals surface area contributed by atoms with E-state index >= 15 is 0 Å². The van der Waals surface area contributed by atoms with Gasteiger partial charge in [0.2, 0.25) is 0 Å². The Morgan fingerprint density at radius 3 is 3.06 bits per heavy atom. The van der Waals surface area contributed by atoms with Gasteiger partial charge in [-0.2, -0.15) is 0 Å². The predicted molar refractivity (Wildman–Crippen MR) is 56.9 cm³/mol. The van der Waals surface area contributed by atoms with Gasteiger partial charge in [-0.25, -0.2) is 0 Å². The summed E-state index contributed by atoms with van der Waals surface area (Å²) in [5.41, 5.74) is 0.380. The molecule has 16 heavy (non-hydrogen) atoms. The molecule has 2 heterocycles. The lowest BCUT2D eigenvalue weighted by molar-refractivity contribution is -0.384. The average Bonchev–Trinajstić information content (AvgIpc) is 2.79. The van der Waals surface area contributed by atoms with E-state index in [0.29, 0.717) is 18.0 Å². The largest absolute Gasteiger partial charge is 0.467 e. The summed E-state index contributed by atoms with van der Waals surface area (Å²) in [5.74, 6) is 0.714. The molecule has 2 aromatic heterocycles. The number of nitro groups is 1. The Balaban J connectivity index is 2.12. The maximum Gasteiger partial charge on any atom is 0.310 e. The molecule has 0 fully saturated rings. The van der Waals surface area contributed by atoms with Gasteiger partial charge in [0.1, 0.15) is 17.6 Å². The monoisotopic (exact) mass is 219 g/mol. The van der Waals surface area contributed by atoms with Crippen LogP contribution >= 0.6 is 0 Å². The van der Waals surface area contributed by atoms with Crippen LogP contribution in [0.3, 0.4) is 0 Å². The van der Waals surface area contributed by atoms with Crippen molar-refractivity contribution in [2.75, 3.05) is 5.32 Å². The molecule has 0 aliphatic rings. The zero-order chi connectivity index (χ0) is 11.4. The predicted octanol–water partition coefficient (Wildman–Crippen LogP) is 2.19. The van der Waals surface area contributed by atoms with Crippen LogP contribution in [0.4, 0.5) is 11.4 Å². The first-order valence-corrected chi connectivity index (χ1v) is 4.62. The fraction of sp³-hybridized carbons (Fsp3) is 0.100. The van der Waals surface area contributed by atoms with E-state index in [1.165, 1.54) is 12.4 Å². The number of hydrogen-bond acceptors (Lipinski definition) is 5. The van der Waals surface area contributed by atoms with Gasteiger partial charge in [0.25, 0.3) is 0 Å². The Morgan fingerprint density at radius 2 is 2.38 bits per heavy atom. The molecule has 0 aromatic carbocycles. The molecule has 0 unspecified atom stereocenters. The highest BCUT2D eigenvalue weighted by atomic mass is 16.6. The molecule has 0 saturated heterocycles. The number of rotatable bonds is 4. The number of hydrogen-bond donors (Lipinski definition) is 1. The quantitative estimate of drug-likeness (QED) is 0.629. The zero-order valence-corrected chi connectivity index (χ0v) is 8.29. The molecular weight excluding hydrogens is 210 g/mol. The second kappa shape index (κ2) is 4.43. The van der Waals surface area contributed by atoms with E-state index in [0.717, 1.165) is 0 Å². The maximum atomic E-state index is 10.7. The van der Waals surface area contributed by atoms with E-state index in [4.69, 9.17) is 4.42 Å². The molecule has 0 aliphatic heterocycles. The number of nitrogens with one attached hydrogen (secondary N) is 1. The summed E-state index contributed by atoms with van der Waals surface area (Å²) in [5, 5.41) is 13.6. The minimum atomic E-state index is -0.475. The van der Waals surface area contributed by atoms with Crippen LogP contribution in [0.25, 0.3) is 0 Å². The van der Waals surface area contributed by atoms with E-state index in [9.17, 15) is 10.1 Å². The molecule has 0 saturated carbocycles. The summed E-state index contributed by atoms with van der Waals surface area (Å²) in [6.07, 6.45) is 4.26. The van der Waals surface area contributed by atoms with Crippen molar-refractivity contribution in [3.8, 4) is 0 Å². The molecule has 2 rings (SSSR count). The maximum absolute atomic E-state index is 10.7. The van der Waals surface area contributed by atoms with Crippen LogP contribution in [0.1, 0.15) is 5.76 Å². The molecule has 6 heteroatoms. The third-order valence-corrected chi connectivity index (χ3v) is 2.03. The van der Waals surface area contributed by atoms with Gasteiger partial charge in [-0.1, -0.05) is 0 Å². The van der Waals surface area contributed by atoms with E-state index in [1.807, 2.05) is 0 Å². The van der Waals surface area contributed by atoms with Crippen molar-refractivity contribution in [3.05, 3.63) is 52.7 Å². The molecule has 82 valence electrons. The summed E-state index contributed by atoms with van der Waals surface area (Å²) in [6.45, 7) is 0.401. The van der Waals surface area contributed by atoms with E-state index in [-0.39, 0.29) is 5.69 Å². The van der Waals surface area contributed by atoms with Gasteiger partial charge < -0.3 is 9.73 Å². The Bertz CT molecular complexity index is 482. The lowest BCUT2D eigenvalue weighted by atomic mass is 10.3. The molecule has 2 aromatic rings. The molecule has 0 amide bonds. The minimum absolute atomic E-state index is 0.0472. The third kappa shape index (κ3) is 2.17. The summed E-state index contributed by atoms with van der Waals surface area (Å²) < 4.78 is 5.11. The van der Waals surface area contributed by atoms with Crippen LogP contribution < -0.4 is 5.32 Å². The molecular formula is C10H9N3O3. The Kier molecular flexibility index (Phi) is 2.81. The van der Waals surface area contributed by atoms with Gasteiger partial charge in [0.05, 0.1) is 17.7 Å². The number of aromatic nitrogens is 1. The van der Waals surface area contributed by atoms with Gasteiger partial charge in [0.15, 0.2) is 0 Å². The number of nitrogens with zero attached hydrogens (tertiary/aromatic N) is 2. The molecule has 0 atom stereocenters. The van der Waals surface area contributed by atoms with Crippen LogP contribution in [-0.4, -0.2) is 9.91 Å². The first kappa shape index (κ1) is 10.2. The summed E-state index contributed by atoms with van der Waals surface area (Å²) in [7, 11) is 0. The van der Waals surface area contributed by atoms with Crippen molar-refractivity contribution >= 4 is 11.4 Å². The Morgan fingerprint density at radius 1 is 1.50 bits per heavy atom. The fourth-order valence-electron chi connectivity index (χ4n) is 1.28. The lowest BCUT2D eigenvalue weighted by Gasteiger charge is -2.04. The second-order valence-corrected chi connectivity index (χ2v) is 3.08. The third-order valence-electron chi connectivity index (χ3n) is 2.03. The molecule has 1 N–H and O–H groups in total. The fourth-order valence-corrected chi connectivity index (χ4v) is 1.28. The first-order chi connectivity index (χ1) is 7.77. The van der Waals surface area contributed by atoms with Crippen LogP contribution in [-0.2, 0) is 6.54 Å².